The third-order valence-corrected chi connectivity index (χ3v) is 5.30. The Labute approximate surface area is 140 Å². The zero-order valence-corrected chi connectivity index (χ0v) is 13.9. The van der Waals surface area contributed by atoms with Crippen molar-refractivity contribution in [1.82, 2.24) is 10.0 Å². The molecule has 1 aromatic carbocycles. The van der Waals surface area contributed by atoms with Gasteiger partial charge < -0.3 is 0 Å². The molecule has 1 aromatic heterocycles. The molecule has 0 unspecified atom stereocenters. The lowest BCUT2D eigenvalue weighted by atomic mass is 10.2. The minimum absolute atomic E-state index is 0.104. The van der Waals surface area contributed by atoms with Crippen LogP contribution in [0, 0.1) is 17.0 Å². The largest absolute Gasteiger partial charge is 0.284 e. The van der Waals surface area contributed by atoms with Crippen molar-refractivity contribution in [3.8, 4) is 0 Å². The highest BCUT2D eigenvalue weighted by Gasteiger charge is 2.24. The summed E-state index contributed by atoms with van der Waals surface area (Å²) in [5.74, 6) is -0.354. The maximum absolute atomic E-state index is 12.3. The van der Waals surface area contributed by atoms with Crippen LogP contribution >= 0.6 is 23.1 Å². The number of carbonyl (C=O) groups is 1. The smallest absolute Gasteiger partial charge is 0.271 e. The number of nitrogens with zero attached hydrogens (tertiary/aromatic N) is 3. The summed E-state index contributed by atoms with van der Waals surface area (Å²) in [5, 5.41) is 14.5. The van der Waals surface area contributed by atoms with Crippen LogP contribution in [0.2, 0.25) is 0 Å². The topological polar surface area (TPSA) is 85.6 Å². The van der Waals surface area contributed by atoms with Gasteiger partial charge in [-0.1, -0.05) is 11.8 Å². The molecule has 23 heavy (non-hydrogen) atoms. The number of aromatic nitrogens is 1. The Morgan fingerprint density at radius 1 is 1.52 bits per heavy atom. The van der Waals surface area contributed by atoms with E-state index < -0.39 is 4.92 Å². The van der Waals surface area contributed by atoms with Crippen molar-refractivity contribution in [3.63, 3.8) is 0 Å². The van der Waals surface area contributed by atoms with Gasteiger partial charge in [0.05, 0.1) is 23.0 Å². The predicted octanol–water partition coefficient (Wildman–Crippen LogP) is 3.29. The fraction of sp³-hybridized carbons (Fsp3) is 0.286. The summed E-state index contributed by atoms with van der Waals surface area (Å²) in [7, 11) is 0. The summed E-state index contributed by atoms with van der Waals surface area (Å²) in [6.45, 7) is 2.86. The molecule has 2 heterocycles. The molecule has 1 saturated heterocycles. The Morgan fingerprint density at radius 3 is 2.96 bits per heavy atom. The van der Waals surface area contributed by atoms with Crippen LogP contribution in [0.5, 0.6) is 0 Å². The SMILES string of the molecule is Cc1csc(Sc2ccc(C(=O)N3CCCO3)cc2[N+](=O)[O-])n1. The molecule has 2 aromatic rings. The molecule has 1 fully saturated rings. The Hall–Kier alpha value is -1.97. The summed E-state index contributed by atoms with van der Waals surface area (Å²) < 4.78 is 0.729. The van der Waals surface area contributed by atoms with Gasteiger partial charge in [-0.2, -0.15) is 0 Å². The van der Waals surface area contributed by atoms with Gasteiger partial charge in [0.15, 0.2) is 4.34 Å². The number of hydroxylamine groups is 2. The van der Waals surface area contributed by atoms with Gasteiger partial charge in [-0.15, -0.1) is 11.3 Å². The standard InChI is InChI=1S/C14H13N3O4S2/c1-9-8-22-14(15-9)23-12-4-3-10(7-11(12)17(19)20)13(18)16-5-2-6-21-16/h3-4,7-8H,2,5-6H2,1H3. The first-order chi connectivity index (χ1) is 11.0. The van der Waals surface area contributed by atoms with Crippen LogP contribution in [0.4, 0.5) is 5.69 Å². The van der Waals surface area contributed by atoms with Crippen molar-refractivity contribution in [2.75, 3.05) is 13.2 Å². The van der Waals surface area contributed by atoms with E-state index >= 15 is 0 Å². The summed E-state index contributed by atoms with van der Waals surface area (Å²) in [4.78, 5) is 33.1. The van der Waals surface area contributed by atoms with E-state index in [4.69, 9.17) is 4.84 Å². The van der Waals surface area contributed by atoms with Crippen LogP contribution in [0.3, 0.4) is 0 Å². The number of hydrogen-bond donors (Lipinski definition) is 0. The van der Waals surface area contributed by atoms with Gasteiger partial charge in [0, 0.05) is 22.7 Å². The molecule has 7 nitrogen and oxygen atoms in total. The van der Waals surface area contributed by atoms with E-state index in [1.807, 2.05) is 12.3 Å². The Morgan fingerprint density at radius 2 is 2.35 bits per heavy atom. The lowest BCUT2D eigenvalue weighted by molar-refractivity contribution is -0.387. The van der Waals surface area contributed by atoms with Crippen molar-refractivity contribution < 1.29 is 14.6 Å². The zero-order chi connectivity index (χ0) is 16.4. The molecular formula is C14H13N3O4S2. The van der Waals surface area contributed by atoms with Crippen LogP contribution in [-0.4, -0.2) is 34.0 Å². The second kappa shape index (κ2) is 6.65. The molecule has 0 saturated carbocycles. The summed E-state index contributed by atoms with van der Waals surface area (Å²) in [6, 6.07) is 4.47. The number of aryl methyl sites for hydroxylation is 1. The number of carbonyl (C=O) groups excluding carboxylic acids is 1. The third-order valence-electron chi connectivity index (χ3n) is 3.18. The Kier molecular flexibility index (Phi) is 4.60. The summed E-state index contributed by atoms with van der Waals surface area (Å²) in [5.41, 5.74) is 1.02. The molecule has 0 spiro atoms. The predicted molar refractivity (Wildman–Crippen MR) is 85.7 cm³/mol. The van der Waals surface area contributed by atoms with Crippen molar-refractivity contribution in [2.45, 2.75) is 22.6 Å². The van der Waals surface area contributed by atoms with Gasteiger partial charge in [0.25, 0.3) is 11.6 Å². The van der Waals surface area contributed by atoms with Crippen LogP contribution in [0.1, 0.15) is 22.5 Å². The Balaban J connectivity index is 1.89. The minimum atomic E-state index is -0.482. The monoisotopic (exact) mass is 351 g/mol. The van der Waals surface area contributed by atoms with Crippen LogP contribution in [0.15, 0.2) is 32.8 Å². The first-order valence-electron chi connectivity index (χ1n) is 6.88. The first kappa shape index (κ1) is 15.9. The van der Waals surface area contributed by atoms with Gasteiger partial charge in [0.1, 0.15) is 0 Å². The van der Waals surface area contributed by atoms with Crippen LogP contribution in [0.25, 0.3) is 0 Å². The van der Waals surface area contributed by atoms with Crippen molar-refractivity contribution in [3.05, 3.63) is 45.0 Å². The average Bonchev–Trinajstić information content (AvgIpc) is 3.18. The fourth-order valence-corrected chi connectivity index (χ4v) is 3.98. The molecule has 9 heteroatoms. The highest BCUT2D eigenvalue weighted by Crippen LogP contribution is 2.37. The van der Waals surface area contributed by atoms with Crippen molar-refractivity contribution in [1.29, 1.82) is 0 Å². The number of nitro groups is 1. The van der Waals surface area contributed by atoms with Gasteiger partial charge in [-0.3, -0.25) is 19.7 Å². The first-order valence-corrected chi connectivity index (χ1v) is 8.57. The van der Waals surface area contributed by atoms with E-state index in [9.17, 15) is 14.9 Å². The molecule has 0 aliphatic carbocycles. The molecule has 1 amide bonds. The number of benzene rings is 1. The molecule has 1 aliphatic rings. The maximum atomic E-state index is 12.3. The lowest BCUT2D eigenvalue weighted by Gasteiger charge is -2.13. The summed E-state index contributed by atoms with van der Waals surface area (Å²) in [6.07, 6.45) is 0.769. The fourth-order valence-electron chi connectivity index (χ4n) is 2.10. The number of nitro benzene ring substituents is 1. The van der Waals surface area contributed by atoms with Crippen LogP contribution in [-0.2, 0) is 4.84 Å². The second-order valence-corrected chi connectivity index (χ2v) is 7.04. The van der Waals surface area contributed by atoms with Gasteiger partial charge in [-0.25, -0.2) is 10.0 Å². The molecule has 0 bridgehead atoms. The van der Waals surface area contributed by atoms with E-state index in [0.29, 0.717) is 18.0 Å². The molecule has 1 aliphatic heterocycles. The number of rotatable bonds is 4. The van der Waals surface area contributed by atoms with Crippen molar-refractivity contribution in [2.24, 2.45) is 0 Å². The van der Waals surface area contributed by atoms with E-state index in [1.165, 1.54) is 34.2 Å². The van der Waals surface area contributed by atoms with Crippen LogP contribution < -0.4 is 0 Å². The normalized spacial score (nSPS) is 14.2. The number of amides is 1. The molecule has 120 valence electrons. The lowest BCUT2D eigenvalue weighted by Crippen LogP contribution is -2.26. The number of hydrogen-bond acceptors (Lipinski definition) is 7. The highest BCUT2D eigenvalue weighted by molar-refractivity contribution is 8.01. The zero-order valence-electron chi connectivity index (χ0n) is 12.2. The second-order valence-electron chi connectivity index (χ2n) is 4.89. The minimum Gasteiger partial charge on any atom is -0.271 e. The molecular weight excluding hydrogens is 338 g/mol. The molecule has 0 N–H and O–H groups in total. The molecule has 0 radical (unpaired) electrons. The number of thiazole rings is 1. The van der Waals surface area contributed by atoms with Gasteiger partial charge in [0.2, 0.25) is 0 Å². The molecule has 3 rings (SSSR count). The summed E-state index contributed by atoms with van der Waals surface area (Å²) >= 11 is 2.66. The average molecular weight is 351 g/mol. The van der Waals surface area contributed by atoms with E-state index in [0.717, 1.165) is 16.5 Å². The van der Waals surface area contributed by atoms with E-state index in [2.05, 4.69) is 4.98 Å². The quantitative estimate of drug-likeness (QED) is 0.621. The van der Waals surface area contributed by atoms with Gasteiger partial charge in [-0.05, 0) is 25.5 Å². The van der Waals surface area contributed by atoms with Gasteiger partial charge >= 0.3 is 0 Å². The maximum Gasteiger partial charge on any atom is 0.284 e. The van der Waals surface area contributed by atoms with Crippen molar-refractivity contribution >= 4 is 34.7 Å². The third kappa shape index (κ3) is 3.52. The van der Waals surface area contributed by atoms with E-state index in [1.54, 1.807) is 12.1 Å². The molecule has 0 atom stereocenters. The Bertz CT molecular complexity index is 756. The van der Waals surface area contributed by atoms with E-state index in [-0.39, 0.29) is 17.2 Å². The highest BCUT2D eigenvalue weighted by atomic mass is 32.2.